The van der Waals surface area contributed by atoms with Crippen molar-refractivity contribution in [1.29, 1.82) is 5.26 Å². The molecule has 0 spiro atoms. The SMILES string of the molecule is CN=C1C=C(/N=C2/C=C(N/C(=C/C#N)C(C)(C)O)OC2(C)C)OC1(C)C. The highest BCUT2D eigenvalue weighted by atomic mass is 16.5. The summed E-state index contributed by atoms with van der Waals surface area (Å²) < 4.78 is 11.8. The topological polar surface area (TPSA) is 99.2 Å². The van der Waals surface area contributed by atoms with Crippen molar-refractivity contribution < 1.29 is 14.6 Å². The third-order valence-corrected chi connectivity index (χ3v) is 4.08. The van der Waals surface area contributed by atoms with Crippen LogP contribution in [0.25, 0.3) is 0 Å². The third-order valence-electron chi connectivity index (χ3n) is 4.08. The minimum Gasteiger partial charge on any atom is -0.466 e. The number of nitriles is 1. The van der Waals surface area contributed by atoms with Crippen LogP contribution in [0.15, 0.2) is 45.7 Å². The van der Waals surface area contributed by atoms with E-state index >= 15 is 0 Å². The molecular formula is C19H26N4O3. The van der Waals surface area contributed by atoms with E-state index in [4.69, 9.17) is 14.7 Å². The van der Waals surface area contributed by atoms with Crippen LogP contribution in [0.4, 0.5) is 0 Å². The molecule has 0 saturated carbocycles. The van der Waals surface area contributed by atoms with Crippen LogP contribution in [0.5, 0.6) is 0 Å². The molecule has 7 nitrogen and oxygen atoms in total. The molecule has 0 radical (unpaired) electrons. The fourth-order valence-electron chi connectivity index (χ4n) is 2.59. The summed E-state index contributed by atoms with van der Waals surface area (Å²) in [5, 5.41) is 22.1. The number of nitrogens with one attached hydrogen (secondary N) is 1. The second kappa shape index (κ2) is 6.61. The van der Waals surface area contributed by atoms with Crippen molar-refractivity contribution in [1.82, 2.24) is 5.32 Å². The summed E-state index contributed by atoms with van der Waals surface area (Å²) in [6, 6.07) is 1.92. The molecule has 0 aromatic carbocycles. The van der Waals surface area contributed by atoms with Crippen molar-refractivity contribution in [3.8, 4) is 6.07 Å². The number of allylic oxidation sites excluding steroid dienone is 1. The normalized spacial score (nSPS) is 24.7. The average Bonchev–Trinajstić information content (AvgIpc) is 2.93. The summed E-state index contributed by atoms with van der Waals surface area (Å²) in [4.78, 5) is 8.80. The van der Waals surface area contributed by atoms with Gasteiger partial charge in [0, 0.05) is 25.3 Å². The molecular weight excluding hydrogens is 332 g/mol. The van der Waals surface area contributed by atoms with Crippen molar-refractivity contribution in [2.75, 3.05) is 7.05 Å². The maximum absolute atomic E-state index is 10.2. The van der Waals surface area contributed by atoms with Crippen LogP contribution in [0, 0.1) is 11.3 Å². The van der Waals surface area contributed by atoms with Crippen LogP contribution in [-0.2, 0) is 9.47 Å². The smallest absolute Gasteiger partial charge is 0.216 e. The Kier molecular flexibility index (Phi) is 5.02. The van der Waals surface area contributed by atoms with Crippen molar-refractivity contribution in [2.24, 2.45) is 9.98 Å². The Morgan fingerprint density at radius 1 is 1.19 bits per heavy atom. The molecule has 2 rings (SSSR count). The number of aliphatic imine (C=N–C) groups is 2. The van der Waals surface area contributed by atoms with Crippen molar-refractivity contribution in [3.05, 3.63) is 35.7 Å². The molecule has 0 aromatic rings. The average molecular weight is 358 g/mol. The summed E-state index contributed by atoms with van der Waals surface area (Å²) in [6.07, 6.45) is 4.79. The van der Waals surface area contributed by atoms with Crippen LogP contribution in [0.1, 0.15) is 41.5 Å². The maximum atomic E-state index is 10.2. The quantitative estimate of drug-likeness (QED) is 0.753. The van der Waals surface area contributed by atoms with Crippen LogP contribution >= 0.6 is 0 Å². The van der Waals surface area contributed by atoms with Gasteiger partial charge in [-0.15, -0.1) is 0 Å². The largest absolute Gasteiger partial charge is 0.466 e. The Morgan fingerprint density at radius 2 is 1.81 bits per heavy atom. The molecule has 2 heterocycles. The standard InChI is InChI=1S/C19H26N4O3/c1-17(2,24)12(8-9-20)22-16-11-14(19(5,6)26-16)23-15-10-13(21-7)18(3,4)25-15/h8,10-11,22,24H,1-7H3/b12-8+,21-13?,23-14-. The number of ether oxygens (including phenoxy) is 2. The fraction of sp³-hybridized carbons (Fsp3) is 0.526. The number of hydrogen-bond acceptors (Lipinski definition) is 7. The Morgan fingerprint density at radius 3 is 2.31 bits per heavy atom. The zero-order chi connectivity index (χ0) is 19.8. The first-order valence-electron chi connectivity index (χ1n) is 8.36. The monoisotopic (exact) mass is 358 g/mol. The van der Waals surface area contributed by atoms with Gasteiger partial charge in [0.2, 0.25) is 5.88 Å². The number of hydrogen-bond donors (Lipinski definition) is 2. The summed E-state index contributed by atoms with van der Waals surface area (Å²) in [5.41, 5.74) is -0.617. The molecule has 0 atom stereocenters. The predicted octanol–water partition coefficient (Wildman–Crippen LogP) is 2.57. The zero-order valence-electron chi connectivity index (χ0n) is 16.3. The minimum atomic E-state index is -1.21. The number of aliphatic hydroxyl groups is 1. The first-order valence-corrected chi connectivity index (χ1v) is 8.36. The Hall–Kier alpha value is -2.59. The van der Waals surface area contributed by atoms with E-state index in [1.807, 2.05) is 33.8 Å². The first kappa shape index (κ1) is 19.7. The Bertz CT molecular complexity index is 785. The summed E-state index contributed by atoms with van der Waals surface area (Å²) in [7, 11) is 1.72. The molecule has 140 valence electrons. The molecule has 26 heavy (non-hydrogen) atoms. The van der Waals surface area contributed by atoms with E-state index < -0.39 is 16.8 Å². The fourth-order valence-corrected chi connectivity index (χ4v) is 2.59. The van der Waals surface area contributed by atoms with Gasteiger partial charge in [0.15, 0.2) is 5.88 Å². The molecule has 0 unspecified atom stereocenters. The number of rotatable bonds is 4. The molecule has 0 aliphatic carbocycles. The lowest BCUT2D eigenvalue weighted by atomic mass is 10.0. The van der Waals surface area contributed by atoms with Crippen LogP contribution < -0.4 is 5.32 Å². The minimum absolute atomic E-state index is 0.334. The first-order chi connectivity index (χ1) is 11.9. The van der Waals surface area contributed by atoms with Gasteiger partial charge < -0.3 is 19.9 Å². The summed E-state index contributed by atoms with van der Waals surface area (Å²) in [5.74, 6) is 0.870. The highest BCUT2D eigenvalue weighted by molar-refractivity contribution is 6.06. The second-order valence-corrected chi connectivity index (χ2v) is 7.69. The van der Waals surface area contributed by atoms with Gasteiger partial charge in [-0.2, -0.15) is 5.26 Å². The molecule has 2 aliphatic rings. The highest BCUT2D eigenvalue weighted by Crippen LogP contribution is 2.30. The van der Waals surface area contributed by atoms with E-state index in [0.717, 1.165) is 5.71 Å². The molecule has 0 amide bonds. The van der Waals surface area contributed by atoms with Gasteiger partial charge in [-0.1, -0.05) is 0 Å². The van der Waals surface area contributed by atoms with E-state index in [9.17, 15) is 5.11 Å². The maximum Gasteiger partial charge on any atom is 0.216 e. The van der Waals surface area contributed by atoms with Crippen molar-refractivity contribution in [3.63, 3.8) is 0 Å². The molecule has 7 heteroatoms. The summed E-state index contributed by atoms with van der Waals surface area (Å²) in [6.45, 7) is 10.8. The van der Waals surface area contributed by atoms with Gasteiger partial charge in [-0.3, -0.25) is 4.99 Å². The Balaban J connectivity index is 2.31. The molecule has 0 saturated heterocycles. The van der Waals surface area contributed by atoms with E-state index in [1.165, 1.54) is 6.08 Å². The van der Waals surface area contributed by atoms with Gasteiger partial charge in [0.05, 0.1) is 28.8 Å². The van der Waals surface area contributed by atoms with Gasteiger partial charge in [0.25, 0.3) is 0 Å². The van der Waals surface area contributed by atoms with Crippen LogP contribution in [0.3, 0.4) is 0 Å². The van der Waals surface area contributed by atoms with Crippen molar-refractivity contribution >= 4 is 11.4 Å². The molecule has 0 bridgehead atoms. The Labute approximate surface area is 154 Å². The lowest BCUT2D eigenvalue weighted by Crippen LogP contribution is -2.34. The number of nitrogens with zero attached hydrogens (tertiary/aromatic N) is 3. The lowest BCUT2D eigenvalue weighted by molar-refractivity contribution is 0.0793. The lowest BCUT2D eigenvalue weighted by Gasteiger charge is -2.25. The van der Waals surface area contributed by atoms with Crippen LogP contribution in [-0.4, -0.2) is 40.4 Å². The van der Waals surface area contributed by atoms with Gasteiger partial charge in [0.1, 0.15) is 11.2 Å². The van der Waals surface area contributed by atoms with E-state index in [1.54, 1.807) is 33.0 Å². The summed E-state index contributed by atoms with van der Waals surface area (Å²) >= 11 is 0. The second-order valence-electron chi connectivity index (χ2n) is 7.69. The zero-order valence-corrected chi connectivity index (χ0v) is 16.3. The molecule has 0 aromatic heterocycles. The van der Waals surface area contributed by atoms with Gasteiger partial charge in [-0.05, 0) is 41.5 Å². The highest BCUT2D eigenvalue weighted by Gasteiger charge is 2.37. The molecule has 2 aliphatic heterocycles. The molecule has 0 fully saturated rings. The van der Waals surface area contributed by atoms with Crippen LogP contribution in [0.2, 0.25) is 0 Å². The van der Waals surface area contributed by atoms with E-state index in [2.05, 4.69) is 15.3 Å². The van der Waals surface area contributed by atoms with Gasteiger partial charge in [-0.25, -0.2) is 4.99 Å². The van der Waals surface area contributed by atoms with Gasteiger partial charge >= 0.3 is 0 Å². The van der Waals surface area contributed by atoms with Crippen molar-refractivity contribution in [2.45, 2.75) is 58.3 Å². The third kappa shape index (κ3) is 4.14. The van der Waals surface area contributed by atoms with E-state index in [0.29, 0.717) is 23.2 Å². The van der Waals surface area contributed by atoms with E-state index in [-0.39, 0.29) is 0 Å². The molecule has 2 N–H and O–H groups in total. The predicted molar refractivity (Wildman–Crippen MR) is 100 cm³/mol.